The first-order valence-electron chi connectivity index (χ1n) is 10.9. The maximum Gasteiger partial charge on any atom is 0.331 e. The molecular formula is C23H41O7P. The Balaban J connectivity index is 0.00000436. The smallest absolute Gasteiger partial charge is 0.331 e. The number of aliphatic hydroxyl groups excluding tert-OH is 1. The van der Waals surface area contributed by atoms with E-state index in [9.17, 15) is 14.8 Å². The molecule has 2 N–H and O–H groups in total. The maximum absolute atomic E-state index is 11.3. The van der Waals surface area contributed by atoms with E-state index in [1.54, 1.807) is 14.0 Å². The first kappa shape index (κ1) is 29.6. The molecule has 8 heteroatoms. The molecule has 0 aliphatic carbocycles. The molecular weight excluding hydrogens is 419 g/mol. The molecule has 0 fully saturated rings. The molecule has 0 bridgehead atoms. The van der Waals surface area contributed by atoms with Gasteiger partial charge in [-0.15, -0.1) is 0 Å². The first-order chi connectivity index (χ1) is 14.6. The molecule has 2 unspecified atom stereocenters. The Morgan fingerprint density at radius 2 is 1.90 bits per heavy atom. The van der Waals surface area contributed by atoms with Crippen LogP contribution in [0.1, 0.15) is 67.7 Å². The quantitative estimate of drug-likeness (QED) is 0.156. The van der Waals surface area contributed by atoms with Gasteiger partial charge in [0.05, 0.1) is 19.0 Å². The molecule has 0 saturated heterocycles. The van der Waals surface area contributed by atoms with Crippen LogP contribution in [0.25, 0.3) is 0 Å². The van der Waals surface area contributed by atoms with E-state index in [4.69, 9.17) is 18.7 Å². The van der Waals surface area contributed by atoms with Gasteiger partial charge in [-0.1, -0.05) is 20.8 Å². The van der Waals surface area contributed by atoms with E-state index in [-0.39, 0.29) is 30.8 Å². The number of aliphatic hydroxyl groups is 1. The molecule has 1 heterocycles. The monoisotopic (exact) mass is 460 g/mol. The fourth-order valence-corrected chi connectivity index (χ4v) is 3.82. The molecule has 0 amide bonds. The minimum absolute atomic E-state index is 0.0183. The molecule has 0 aromatic heterocycles. The van der Waals surface area contributed by atoms with Gasteiger partial charge in [0, 0.05) is 23.8 Å². The SMILES string of the molecule is CC.COC(=C(\C)C1=CC(=O)OC1)/C(CCCC(C)COCP(O)OC(C)C)=C(\C)O. The summed E-state index contributed by atoms with van der Waals surface area (Å²) < 4.78 is 21.4. The van der Waals surface area contributed by atoms with Crippen molar-refractivity contribution in [2.24, 2.45) is 5.92 Å². The number of esters is 1. The molecule has 0 saturated carbocycles. The van der Waals surface area contributed by atoms with Crippen LogP contribution < -0.4 is 0 Å². The van der Waals surface area contributed by atoms with Crippen molar-refractivity contribution in [3.63, 3.8) is 0 Å². The van der Waals surface area contributed by atoms with Crippen LogP contribution in [0.3, 0.4) is 0 Å². The van der Waals surface area contributed by atoms with Crippen LogP contribution in [0.2, 0.25) is 0 Å². The van der Waals surface area contributed by atoms with Gasteiger partial charge in [0.15, 0.2) is 8.38 Å². The summed E-state index contributed by atoms with van der Waals surface area (Å²) in [6.07, 6.45) is 4.02. The van der Waals surface area contributed by atoms with Crippen molar-refractivity contribution in [2.75, 3.05) is 26.7 Å². The minimum atomic E-state index is -1.53. The lowest BCUT2D eigenvalue weighted by molar-refractivity contribution is -0.134. The molecule has 1 aliphatic rings. The van der Waals surface area contributed by atoms with Gasteiger partial charge in [0.1, 0.15) is 18.7 Å². The zero-order chi connectivity index (χ0) is 24.0. The van der Waals surface area contributed by atoms with Crippen LogP contribution in [0, 0.1) is 5.92 Å². The van der Waals surface area contributed by atoms with Crippen LogP contribution in [0.4, 0.5) is 0 Å². The summed E-state index contributed by atoms with van der Waals surface area (Å²) >= 11 is 0. The molecule has 180 valence electrons. The van der Waals surface area contributed by atoms with Crippen molar-refractivity contribution in [1.29, 1.82) is 0 Å². The number of hydrogen-bond acceptors (Lipinski definition) is 7. The second kappa shape index (κ2) is 16.3. The Hall–Kier alpha value is -1.40. The molecule has 31 heavy (non-hydrogen) atoms. The molecule has 0 aromatic carbocycles. The van der Waals surface area contributed by atoms with Gasteiger partial charge in [-0.25, -0.2) is 4.79 Å². The second-order valence-electron chi connectivity index (χ2n) is 7.50. The fraction of sp³-hybridized carbons (Fsp3) is 0.696. The van der Waals surface area contributed by atoms with Crippen LogP contribution in [-0.2, 0) is 23.5 Å². The van der Waals surface area contributed by atoms with E-state index in [0.717, 1.165) is 29.6 Å². The summed E-state index contributed by atoms with van der Waals surface area (Å²) in [7, 11) is 0.0248. The lowest BCUT2D eigenvalue weighted by atomic mass is 9.96. The average molecular weight is 461 g/mol. The van der Waals surface area contributed by atoms with Crippen molar-refractivity contribution < 1.29 is 33.5 Å². The number of allylic oxidation sites excluding steroid dienone is 2. The Labute approximate surface area is 189 Å². The van der Waals surface area contributed by atoms with Gasteiger partial charge >= 0.3 is 5.97 Å². The normalized spacial score (nSPS) is 17.1. The number of methoxy groups -OCH3 is 1. The van der Waals surface area contributed by atoms with Gasteiger partial charge in [-0.05, 0) is 58.4 Å². The van der Waals surface area contributed by atoms with E-state index in [1.165, 1.54) is 6.08 Å². The van der Waals surface area contributed by atoms with Crippen LogP contribution in [-0.4, -0.2) is 48.7 Å². The summed E-state index contributed by atoms with van der Waals surface area (Å²) in [6.45, 7) is 14.1. The number of ether oxygens (including phenoxy) is 3. The van der Waals surface area contributed by atoms with Crippen LogP contribution >= 0.6 is 8.38 Å². The average Bonchev–Trinajstić information content (AvgIpc) is 3.14. The van der Waals surface area contributed by atoms with Gasteiger partial charge in [0.25, 0.3) is 0 Å². The van der Waals surface area contributed by atoms with E-state index in [1.807, 2.05) is 34.6 Å². The predicted molar refractivity (Wildman–Crippen MR) is 125 cm³/mol. The van der Waals surface area contributed by atoms with E-state index >= 15 is 0 Å². The zero-order valence-corrected chi connectivity index (χ0v) is 21.3. The van der Waals surface area contributed by atoms with Crippen molar-refractivity contribution >= 4 is 14.3 Å². The molecule has 0 aromatic rings. The Morgan fingerprint density at radius 1 is 1.26 bits per heavy atom. The van der Waals surface area contributed by atoms with Crippen molar-refractivity contribution in [1.82, 2.24) is 0 Å². The largest absolute Gasteiger partial charge is 0.512 e. The Bertz CT molecular complexity index is 634. The number of hydrogen-bond donors (Lipinski definition) is 2. The minimum Gasteiger partial charge on any atom is -0.512 e. The van der Waals surface area contributed by atoms with E-state index in [2.05, 4.69) is 6.92 Å². The van der Waals surface area contributed by atoms with Gasteiger partial charge < -0.3 is 28.7 Å². The third-order valence-corrected chi connectivity index (χ3v) is 5.53. The zero-order valence-electron chi connectivity index (χ0n) is 20.4. The second-order valence-corrected chi connectivity index (χ2v) is 8.68. The topological polar surface area (TPSA) is 94.5 Å². The summed E-state index contributed by atoms with van der Waals surface area (Å²) in [5.74, 6) is 0.723. The summed E-state index contributed by atoms with van der Waals surface area (Å²) in [5.41, 5.74) is 2.28. The van der Waals surface area contributed by atoms with Gasteiger partial charge in [-0.3, -0.25) is 0 Å². The fourth-order valence-electron chi connectivity index (χ4n) is 3.01. The van der Waals surface area contributed by atoms with Crippen molar-refractivity contribution in [3.8, 4) is 0 Å². The predicted octanol–water partition coefficient (Wildman–Crippen LogP) is 5.76. The molecule has 2 atom stereocenters. The van der Waals surface area contributed by atoms with E-state index < -0.39 is 8.38 Å². The highest BCUT2D eigenvalue weighted by atomic mass is 31.2. The van der Waals surface area contributed by atoms with E-state index in [0.29, 0.717) is 24.7 Å². The Morgan fingerprint density at radius 3 is 2.39 bits per heavy atom. The summed E-state index contributed by atoms with van der Waals surface area (Å²) in [6, 6.07) is 0. The standard InChI is InChI=1S/C21H35O7P.C2H6/c1-14(2)28-29(24)13-26-11-15(3)8-7-9-19(17(5)22)21(25-6)16(4)18-10-20(23)27-12-18;1-2/h10,14-15,22,24H,7-9,11-13H2,1-6H3;1-2H3/b19-17+,21-16+;. The van der Waals surface area contributed by atoms with Crippen molar-refractivity contribution in [3.05, 3.63) is 34.3 Å². The summed E-state index contributed by atoms with van der Waals surface area (Å²) in [4.78, 5) is 21.1. The van der Waals surface area contributed by atoms with Crippen molar-refractivity contribution in [2.45, 2.75) is 73.8 Å². The highest BCUT2D eigenvalue weighted by molar-refractivity contribution is 7.45. The first-order valence-corrected chi connectivity index (χ1v) is 12.3. The lowest BCUT2D eigenvalue weighted by Gasteiger charge is -2.18. The lowest BCUT2D eigenvalue weighted by Crippen LogP contribution is -2.09. The molecule has 1 rings (SSSR count). The molecule has 0 radical (unpaired) electrons. The Kier molecular flexibility index (Phi) is 15.5. The highest BCUT2D eigenvalue weighted by Gasteiger charge is 2.21. The third-order valence-electron chi connectivity index (χ3n) is 4.46. The summed E-state index contributed by atoms with van der Waals surface area (Å²) in [5, 5.41) is 10.2. The molecule has 7 nitrogen and oxygen atoms in total. The van der Waals surface area contributed by atoms with Gasteiger partial charge in [0.2, 0.25) is 0 Å². The number of cyclic esters (lactones) is 1. The van der Waals surface area contributed by atoms with Gasteiger partial charge in [-0.2, -0.15) is 0 Å². The van der Waals surface area contributed by atoms with Crippen LogP contribution in [0.5, 0.6) is 0 Å². The molecule has 0 spiro atoms. The number of carbonyl (C=O) groups excluding carboxylic acids is 1. The number of carbonyl (C=O) groups is 1. The third kappa shape index (κ3) is 11.7. The molecule has 1 aliphatic heterocycles. The number of rotatable bonds is 13. The maximum atomic E-state index is 11.3. The highest BCUT2D eigenvalue weighted by Crippen LogP contribution is 2.33. The van der Waals surface area contributed by atoms with Crippen LogP contribution in [0.15, 0.2) is 34.3 Å².